The SMILES string of the molecule is N#Cc1c(F)cccc1NCCNC(=O)C(Cc1ccccc1)NC(=O)OCc1ccccc1. The molecular formula is C26H25FN4O3. The van der Waals surface area contributed by atoms with Gasteiger partial charge in [0, 0.05) is 19.5 Å². The van der Waals surface area contributed by atoms with Gasteiger partial charge in [0.25, 0.3) is 0 Å². The number of carbonyl (C=O) groups excluding carboxylic acids is 2. The molecule has 0 saturated carbocycles. The maximum atomic E-state index is 13.7. The molecule has 3 rings (SSSR count). The lowest BCUT2D eigenvalue weighted by Crippen LogP contribution is -2.49. The Balaban J connectivity index is 1.55. The van der Waals surface area contributed by atoms with Gasteiger partial charge in [-0.15, -0.1) is 0 Å². The highest BCUT2D eigenvalue weighted by Crippen LogP contribution is 2.17. The quantitative estimate of drug-likeness (QED) is 0.400. The van der Waals surface area contributed by atoms with Crippen LogP contribution in [0.3, 0.4) is 0 Å². The smallest absolute Gasteiger partial charge is 0.408 e. The minimum Gasteiger partial charge on any atom is -0.445 e. The Morgan fingerprint density at radius 3 is 2.26 bits per heavy atom. The van der Waals surface area contributed by atoms with Crippen LogP contribution in [0.15, 0.2) is 78.9 Å². The average Bonchev–Trinajstić information content (AvgIpc) is 2.86. The number of anilines is 1. The van der Waals surface area contributed by atoms with Crippen molar-refractivity contribution >= 4 is 17.7 Å². The molecule has 0 aliphatic rings. The van der Waals surface area contributed by atoms with E-state index >= 15 is 0 Å². The van der Waals surface area contributed by atoms with Gasteiger partial charge in [-0.1, -0.05) is 66.7 Å². The minimum absolute atomic E-state index is 0.0846. The molecule has 0 heterocycles. The zero-order valence-electron chi connectivity index (χ0n) is 18.5. The normalized spacial score (nSPS) is 11.1. The van der Waals surface area contributed by atoms with Crippen LogP contribution in [-0.4, -0.2) is 31.1 Å². The fourth-order valence-corrected chi connectivity index (χ4v) is 3.26. The first-order valence-electron chi connectivity index (χ1n) is 10.8. The summed E-state index contributed by atoms with van der Waals surface area (Å²) in [6.45, 7) is 0.553. The fraction of sp³-hybridized carbons (Fsp3) is 0.192. The van der Waals surface area contributed by atoms with E-state index in [4.69, 9.17) is 10.00 Å². The molecule has 3 aromatic rings. The van der Waals surface area contributed by atoms with E-state index in [1.807, 2.05) is 66.7 Å². The number of ether oxygens (including phenoxy) is 1. The molecule has 2 amide bonds. The second-order valence-electron chi connectivity index (χ2n) is 7.44. The van der Waals surface area contributed by atoms with Crippen LogP contribution >= 0.6 is 0 Å². The molecule has 3 aromatic carbocycles. The number of carbonyl (C=O) groups is 2. The van der Waals surface area contributed by atoms with E-state index in [-0.39, 0.29) is 37.6 Å². The zero-order valence-corrected chi connectivity index (χ0v) is 18.5. The first-order chi connectivity index (χ1) is 16.6. The first-order valence-corrected chi connectivity index (χ1v) is 10.8. The average molecular weight is 461 g/mol. The number of nitriles is 1. The predicted molar refractivity (Wildman–Crippen MR) is 126 cm³/mol. The van der Waals surface area contributed by atoms with Gasteiger partial charge in [0.15, 0.2) is 0 Å². The van der Waals surface area contributed by atoms with Crippen LogP contribution in [0.25, 0.3) is 0 Å². The van der Waals surface area contributed by atoms with E-state index in [1.54, 1.807) is 6.07 Å². The number of hydrogen-bond donors (Lipinski definition) is 3. The molecule has 8 heteroatoms. The number of amides is 2. The molecule has 0 aliphatic heterocycles. The molecule has 0 fully saturated rings. The van der Waals surface area contributed by atoms with Gasteiger partial charge in [0.2, 0.25) is 5.91 Å². The summed E-state index contributed by atoms with van der Waals surface area (Å²) >= 11 is 0. The molecule has 174 valence electrons. The van der Waals surface area contributed by atoms with Crippen molar-refractivity contribution in [3.63, 3.8) is 0 Å². The largest absolute Gasteiger partial charge is 0.445 e. The van der Waals surface area contributed by atoms with E-state index in [9.17, 15) is 14.0 Å². The topological polar surface area (TPSA) is 103 Å². The molecule has 7 nitrogen and oxygen atoms in total. The van der Waals surface area contributed by atoms with Crippen molar-refractivity contribution in [1.29, 1.82) is 5.26 Å². The maximum absolute atomic E-state index is 13.7. The van der Waals surface area contributed by atoms with Crippen molar-refractivity contribution in [2.24, 2.45) is 0 Å². The Labute approximate surface area is 197 Å². The molecule has 0 radical (unpaired) electrons. The van der Waals surface area contributed by atoms with E-state index in [1.165, 1.54) is 12.1 Å². The highest BCUT2D eigenvalue weighted by molar-refractivity contribution is 5.86. The van der Waals surface area contributed by atoms with Crippen molar-refractivity contribution in [1.82, 2.24) is 10.6 Å². The Kier molecular flexibility index (Phi) is 9.00. The summed E-state index contributed by atoms with van der Waals surface area (Å²) in [7, 11) is 0. The van der Waals surface area contributed by atoms with Gasteiger partial charge in [-0.3, -0.25) is 4.79 Å². The number of hydrogen-bond acceptors (Lipinski definition) is 5. The number of nitrogens with zero attached hydrogens (tertiary/aromatic N) is 1. The number of halogens is 1. The molecule has 34 heavy (non-hydrogen) atoms. The van der Waals surface area contributed by atoms with Crippen LogP contribution in [0.4, 0.5) is 14.9 Å². The van der Waals surface area contributed by atoms with Crippen molar-refractivity contribution in [2.75, 3.05) is 18.4 Å². The monoisotopic (exact) mass is 460 g/mol. The molecular weight excluding hydrogens is 435 g/mol. The van der Waals surface area contributed by atoms with Crippen molar-refractivity contribution in [3.8, 4) is 6.07 Å². The molecule has 1 atom stereocenters. The van der Waals surface area contributed by atoms with Gasteiger partial charge in [-0.2, -0.15) is 5.26 Å². The molecule has 0 spiro atoms. The van der Waals surface area contributed by atoms with Gasteiger partial charge in [0.05, 0.1) is 5.69 Å². The van der Waals surface area contributed by atoms with Crippen molar-refractivity contribution < 1.29 is 18.7 Å². The molecule has 0 bridgehead atoms. The molecule has 0 aliphatic carbocycles. The van der Waals surface area contributed by atoms with Crippen LogP contribution < -0.4 is 16.0 Å². The number of rotatable bonds is 10. The summed E-state index contributed by atoms with van der Waals surface area (Å²) in [5, 5.41) is 17.4. The molecule has 1 unspecified atom stereocenters. The van der Waals surface area contributed by atoms with Crippen LogP contribution in [0.2, 0.25) is 0 Å². The number of nitrogens with one attached hydrogen (secondary N) is 3. The van der Waals surface area contributed by atoms with Crippen LogP contribution in [0.1, 0.15) is 16.7 Å². The second kappa shape index (κ2) is 12.6. The first kappa shape index (κ1) is 24.3. The summed E-state index contributed by atoms with van der Waals surface area (Å²) in [5.41, 5.74) is 1.98. The summed E-state index contributed by atoms with van der Waals surface area (Å²) in [5.74, 6) is -1.00. The predicted octanol–water partition coefficient (Wildman–Crippen LogP) is 3.76. The Morgan fingerprint density at radius 1 is 0.912 bits per heavy atom. The lowest BCUT2D eigenvalue weighted by atomic mass is 10.1. The van der Waals surface area contributed by atoms with E-state index in [0.29, 0.717) is 5.69 Å². The third kappa shape index (κ3) is 7.35. The zero-order chi connectivity index (χ0) is 24.2. The van der Waals surface area contributed by atoms with Crippen LogP contribution in [0.5, 0.6) is 0 Å². The highest BCUT2D eigenvalue weighted by atomic mass is 19.1. The van der Waals surface area contributed by atoms with E-state index in [2.05, 4.69) is 16.0 Å². The molecule has 0 aromatic heterocycles. The summed E-state index contributed by atoms with van der Waals surface area (Å²) in [6.07, 6.45) is -0.417. The lowest BCUT2D eigenvalue weighted by Gasteiger charge is -2.19. The summed E-state index contributed by atoms with van der Waals surface area (Å²) in [4.78, 5) is 25.2. The lowest BCUT2D eigenvalue weighted by molar-refractivity contribution is -0.123. The third-order valence-electron chi connectivity index (χ3n) is 4.97. The number of benzene rings is 3. The van der Waals surface area contributed by atoms with Gasteiger partial charge in [-0.05, 0) is 23.3 Å². The van der Waals surface area contributed by atoms with Crippen LogP contribution in [-0.2, 0) is 22.6 Å². The Morgan fingerprint density at radius 2 is 1.59 bits per heavy atom. The standard InChI is InChI=1S/C26H25FN4O3/c27-22-12-7-13-23(21(22)17-28)29-14-15-30-25(32)24(16-19-8-3-1-4-9-19)31-26(33)34-18-20-10-5-2-6-11-20/h1-13,24,29H,14-16,18H2,(H,30,32)(H,31,33). The summed E-state index contributed by atoms with van der Waals surface area (Å²) in [6, 6.07) is 23.8. The highest BCUT2D eigenvalue weighted by Gasteiger charge is 2.22. The van der Waals surface area contributed by atoms with Gasteiger partial charge >= 0.3 is 6.09 Å². The maximum Gasteiger partial charge on any atom is 0.408 e. The second-order valence-corrected chi connectivity index (χ2v) is 7.44. The van der Waals surface area contributed by atoms with Gasteiger partial charge < -0.3 is 20.7 Å². The van der Waals surface area contributed by atoms with Gasteiger partial charge in [0.1, 0.15) is 30.1 Å². The summed E-state index contributed by atoms with van der Waals surface area (Å²) < 4.78 is 19.0. The fourth-order valence-electron chi connectivity index (χ4n) is 3.26. The minimum atomic E-state index is -0.852. The van der Waals surface area contributed by atoms with Crippen molar-refractivity contribution in [2.45, 2.75) is 19.1 Å². The van der Waals surface area contributed by atoms with Gasteiger partial charge in [-0.25, -0.2) is 9.18 Å². The molecule has 3 N–H and O–H groups in total. The van der Waals surface area contributed by atoms with E-state index < -0.39 is 18.0 Å². The van der Waals surface area contributed by atoms with Crippen LogP contribution in [0, 0.1) is 17.1 Å². The Hall–Kier alpha value is -4.38. The van der Waals surface area contributed by atoms with Crippen molar-refractivity contribution in [3.05, 3.63) is 101 Å². The Bertz CT molecular complexity index is 1130. The third-order valence-corrected chi connectivity index (χ3v) is 4.97. The molecule has 0 saturated heterocycles. The van der Waals surface area contributed by atoms with E-state index in [0.717, 1.165) is 11.1 Å². The number of alkyl carbamates (subject to hydrolysis) is 1.